The monoisotopic (exact) mass is 389 g/mol. The SMILES string of the molecule is CC(C)(C)OC(=O)N1CCC(O)(c2ccc(C(=O)CBr)s2)C1. The molecule has 1 saturated heterocycles. The number of hydrogen-bond donors (Lipinski definition) is 1. The van der Waals surface area contributed by atoms with Crippen LogP contribution in [-0.2, 0) is 10.3 Å². The van der Waals surface area contributed by atoms with Gasteiger partial charge in [-0.05, 0) is 32.9 Å². The third-order valence-corrected chi connectivity index (χ3v) is 5.19. The maximum absolute atomic E-state index is 12.1. The predicted molar refractivity (Wildman–Crippen MR) is 88.8 cm³/mol. The van der Waals surface area contributed by atoms with Crippen molar-refractivity contribution in [2.45, 2.75) is 38.4 Å². The van der Waals surface area contributed by atoms with Crippen LogP contribution in [0.2, 0.25) is 0 Å². The number of hydrogen-bond acceptors (Lipinski definition) is 5. The Bertz CT molecular complexity index is 580. The van der Waals surface area contributed by atoms with E-state index in [9.17, 15) is 14.7 Å². The fourth-order valence-corrected chi connectivity index (χ4v) is 3.82. The van der Waals surface area contributed by atoms with Crippen LogP contribution in [0.25, 0.3) is 0 Å². The van der Waals surface area contributed by atoms with Gasteiger partial charge in [0.1, 0.15) is 11.2 Å². The summed E-state index contributed by atoms with van der Waals surface area (Å²) >= 11 is 4.42. The summed E-state index contributed by atoms with van der Waals surface area (Å²) in [5.41, 5.74) is -1.66. The van der Waals surface area contributed by atoms with E-state index < -0.39 is 17.3 Å². The van der Waals surface area contributed by atoms with Crippen LogP contribution in [0.1, 0.15) is 41.7 Å². The second kappa shape index (κ2) is 6.29. The molecule has 1 fully saturated rings. The van der Waals surface area contributed by atoms with E-state index in [0.717, 1.165) is 0 Å². The Labute approximate surface area is 142 Å². The Hall–Kier alpha value is -0.920. The molecule has 0 aliphatic carbocycles. The van der Waals surface area contributed by atoms with E-state index in [1.54, 1.807) is 12.1 Å². The van der Waals surface area contributed by atoms with Crippen molar-refractivity contribution in [2.24, 2.45) is 0 Å². The Kier molecular flexibility index (Phi) is 4.99. The van der Waals surface area contributed by atoms with Crippen molar-refractivity contribution in [3.05, 3.63) is 21.9 Å². The summed E-state index contributed by atoms with van der Waals surface area (Å²) < 4.78 is 5.33. The first-order valence-electron chi connectivity index (χ1n) is 7.04. The first-order chi connectivity index (χ1) is 10.1. The van der Waals surface area contributed by atoms with Gasteiger partial charge >= 0.3 is 6.09 Å². The molecule has 0 radical (unpaired) electrons. The number of halogens is 1. The van der Waals surface area contributed by atoms with E-state index in [1.165, 1.54) is 16.2 Å². The average Bonchev–Trinajstić information content (AvgIpc) is 3.03. The maximum Gasteiger partial charge on any atom is 0.410 e. The lowest BCUT2D eigenvalue weighted by Crippen LogP contribution is -2.37. The van der Waals surface area contributed by atoms with E-state index >= 15 is 0 Å². The molecular formula is C15H20BrNO4S. The molecule has 1 aromatic heterocycles. The molecule has 0 aromatic carbocycles. The molecule has 0 spiro atoms. The number of amides is 1. The number of Topliss-reactive ketones (excluding diaryl/α,β-unsaturated/α-hetero) is 1. The zero-order chi connectivity index (χ0) is 16.5. The van der Waals surface area contributed by atoms with Gasteiger partial charge in [-0.1, -0.05) is 15.9 Å². The molecule has 5 nitrogen and oxygen atoms in total. The zero-order valence-electron chi connectivity index (χ0n) is 12.9. The molecule has 1 aliphatic rings. The van der Waals surface area contributed by atoms with Gasteiger partial charge in [0.2, 0.25) is 0 Å². The molecule has 2 heterocycles. The number of likely N-dealkylation sites (tertiary alicyclic amines) is 1. The third kappa shape index (κ3) is 3.88. The van der Waals surface area contributed by atoms with Crippen molar-refractivity contribution >= 4 is 39.1 Å². The molecule has 1 N–H and O–H groups in total. The van der Waals surface area contributed by atoms with Crippen molar-refractivity contribution in [3.63, 3.8) is 0 Å². The highest BCUT2D eigenvalue weighted by molar-refractivity contribution is 9.09. The Morgan fingerprint density at radius 1 is 1.45 bits per heavy atom. The highest BCUT2D eigenvalue weighted by Gasteiger charge is 2.42. The molecule has 0 saturated carbocycles. The molecule has 2 rings (SSSR count). The smallest absolute Gasteiger partial charge is 0.410 e. The third-order valence-electron chi connectivity index (χ3n) is 3.36. The quantitative estimate of drug-likeness (QED) is 0.636. The first kappa shape index (κ1) is 17.4. The summed E-state index contributed by atoms with van der Waals surface area (Å²) in [5, 5.41) is 11.0. The van der Waals surface area contributed by atoms with Crippen molar-refractivity contribution < 1.29 is 19.4 Å². The predicted octanol–water partition coefficient (Wildman–Crippen LogP) is 3.15. The van der Waals surface area contributed by atoms with Gasteiger partial charge in [0.05, 0.1) is 16.8 Å². The molecule has 1 atom stereocenters. The van der Waals surface area contributed by atoms with Crippen molar-refractivity contribution in [1.82, 2.24) is 4.90 Å². The normalized spacial score (nSPS) is 22.0. The molecule has 22 heavy (non-hydrogen) atoms. The van der Waals surface area contributed by atoms with Gasteiger partial charge in [0.15, 0.2) is 5.78 Å². The van der Waals surface area contributed by atoms with Gasteiger partial charge in [-0.15, -0.1) is 11.3 Å². The Morgan fingerprint density at radius 2 is 2.14 bits per heavy atom. The second-order valence-electron chi connectivity index (χ2n) is 6.40. The number of nitrogens with zero attached hydrogens (tertiary/aromatic N) is 1. The highest BCUT2D eigenvalue weighted by atomic mass is 79.9. The Balaban J connectivity index is 2.08. The summed E-state index contributed by atoms with van der Waals surface area (Å²) in [6.45, 7) is 6.05. The van der Waals surface area contributed by atoms with Crippen molar-refractivity contribution in [1.29, 1.82) is 0 Å². The molecule has 0 bridgehead atoms. The lowest BCUT2D eigenvalue weighted by molar-refractivity contribution is 0.0150. The second-order valence-corrected chi connectivity index (χ2v) is 8.05. The van der Waals surface area contributed by atoms with Crippen LogP contribution in [0, 0.1) is 0 Å². The Morgan fingerprint density at radius 3 is 2.73 bits per heavy atom. The van der Waals surface area contributed by atoms with E-state index in [-0.39, 0.29) is 17.7 Å². The summed E-state index contributed by atoms with van der Waals surface area (Å²) in [5.74, 6) is -0.0122. The minimum Gasteiger partial charge on any atom is -0.444 e. The van der Waals surface area contributed by atoms with Gasteiger partial charge in [-0.2, -0.15) is 0 Å². The number of carbonyl (C=O) groups excluding carboxylic acids is 2. The molecular weight excluding hydrogens is 370 g/mol. The average molecular weight is 390 g/mol. The summed E-state index contributed by atoms with van der Waals surface area (Å²) in [6.07, 6.45) is 0.0195. The number of thiophene rings is 1. The van der Waals surface area contributed by atoms with Gasteiger partial charge in [0, 0.05) is 17.8 Å². The maximum atomic E-state index is 12.1. The van der Waals surface area contributed by atoms with E-state index in [2.05, 4.69) is 15.9 Å². The van der Waals surface area contributed by atoms with E-state index in [1.807, 2.05) is 20.8 Å². The lowest BCUT2D eigenvalue weighted by atomic mass is 10.0. The van der Waals surface area contributed by atoms with Gasteiger partial charge in [0.25, 0.3) is 0 Å². The topological polar surface area (TPSA) is 66.8 Å². The minimum absolute atomic E-state index is 0.0122. The number of rotatable bonds is 3. The lowest BCUT2D eigenvalue weighted by Gasteiger charge is -2.26. The minimum atomic E-state index is -1.10. The highest BCUT2D eigenvalue weighted by Crippen LogP contribution is 2.36. The summed E-state index contributed by atoms with van der Waals surface area (Å²) in [4.78, 5) is 26.6. The number of carbonyl (C=O) groups is 2. The van der Waals surface area contributed by atoms with Crippen molar-refractivity contribution in [2.75, 3.05) is 18.4 Å². The van der Waals surface area contributed by atoms with Crippen LogP contribution in [0.4, 0.5) is 4.79 Å². The van der Waals surface area contributed by atoms with E-state index in [4.69, 9.17) is 4.74 Å². The zero-order valence-corrected chi connectivity index (χ0v) is 15.3. The van der Waals surface area contributed by atoms with Crippen molar-refractivity contribution in [3.8, 4) is 0 Å². The number of aliphatic hydroxyl groups is 1. The number of ketones is 1. The standard InChI is InChI=1S/C15H20BrNO4S/c1-14(2,3)21-13(19)17-7-6-15(20,9-17)12-5-4-11(22-12)10(18)8-16/h4-5,20H,6-9H2,1-3H3. The van der Waals surface area contributed by atoms with Gasteiger partial charge in [-0.3, -0.25) is 4.79 Å². The first-order valence-corrected chi connectivity index (χ1v) is 8.98. The van der Waals surface area contributed by atoms with Crippen LogP contribution in [0.5, 0.6) is 0 Å². The molecule has 122 valence electrons. The molecule has 1 amide bonds. The summed E-state index contributed by atoms with van der Waals surface area (Å²) in [6, 6.07) is 3.48. The molecule has 1 aromatic rings. The van der Waals surface area contributed by atoms with E-state index in [0.29, 0.717) is 22.7 Å². The summed E-state index contributed by atoms with van der Waals surface area (Å²) in [7, 11) is 0. The van der Waals surface area contributed by atoms with Gasteiger partial charge < -0.3 is 14.7 Å². The largest absolute Gasteiger partial charge is 0.444 e. The number of ether oxygens (including phenoxy) is 1. The van der Waals surface area contributed by atoms with Crippen LogP contribution in [0.15, 0.2) is 12.1 Å². The van der Waals surface area contributed by atoms with Crippen LogP contribution in [-0.4, -0.2) is 45.9 Å². The molecule has 7 heteroatoms. The van der Waals surface area contributed by atoms with Crippen LogP contribution < -0.4 is 0 Å². The number of β-amino-alcohol motifs (C(OH)–C–C–N with tert-alkyl or cyclic N) is 1. The molecule has 1 aliphatic heterocycles. The van der Waals surface area contributed by atoms with Gasteiger partial charge in [-0.25, -0.2) is 4.79 Å². The van der Waals surface area contributed by atoms with Crippen LogP contribution in [0.3, 0.4) is 0 Å². The number of alkyl halides is 1. The van der Waals surface area contributed by atoms with Crippen LogP contribution >= 0.6 is 27.3 Å². The fourth-order valence-electron chi connectivity index (χ4n) is 2.28. The fraction of sp³-hybridized carbons (Fsp3) is 0.600. The molecule has 1 unspecified atom stereocenters.